The van der Waals surface area contributed by atoms with Crippen LogP contribution in [0.1, 0.15) is 74.1 Å². The fourth-order valence-electron chi connectivity index (χ4n) is 2.45. The van der Waals surface area contributed by atoms with Crippen molar-refractivity contribution < 1.29 is 17.9 Å². The number of rotatable bonds is 3. The molecule has 0 unspecified atom stereocenters. The first-order valence-corrected chi connectivity index (χ1v) is 9.65. The predicted octanol–water partition coefficient (Wildman–Crippen LogP) is 2.93. The number of alkyl carbamates (subject to hydrolysis) is 1. The number of hydrogen-bond donors (Lipinski definition) is 2. The Morgan fingerprint density at radius 1 is 1.09 bits per heavy atom. The van der Waals surface area contributed by atoms with Gasteiger partial charge in [-0.2, -0.15) is 0 Å². The van der Waals surface area contributed by atoms with Crippen LogP contribution in [0.3, 0.4) is 0 Å². The molecular weight excluding hydrogens is 316 g/mol. The lowest BCUT2D eigenvalue weighted by molar-refractivity contribution is 0.0483. The van der Waals surface area contributed by atoms with Gasteiger partial charge < -0.3 is 10.1 Å². The van der Waals surface area contributed by atoms with E-state index in [-0.39, 0.29) is 6.04 Å². The Morgan fingerprint density at radius 2 is 1.57 bits per heavy atom. The monoisotopic (exact) mass is 348 g/mol. The summed E-state index contributed by atoms with van der Waals surface area (Å²) in [5.41, 5.74) is -0.978. The van der Waals surface area contributed by atoms with Gasteiger partial charge in [-0.3, -0.25) is 0 Å². The molecule has 1 saturated carbocycles. The van der Waals surface area contributed by atoms with Gasteiger partial charge in [0.25, 0.3) is 0 Å². The number of sulfonamides is 1. The van der Waals surface area contributed by atoms with Crippen molar-refractivity contribution >= 4 is 16.1 Å². The first-order valence-electron chi connectivity index (χ1n) is 8.17. The molecule has 2 N–H and O–H groups in total. The summed E-state index contributed by atoms with van der Waals surface area (Å²) >= 11 is 0. The smallest absolute Gasteiger partial charge is 0.407 e. The quantitative estimate of drug-likeness (QED) is 0.821. The highest BCUT2D eigenvalue weighted by Gasteiger charge is 2.39. The van der Waals surface area contributed by atoms with Crippen LogP contribution < -0.4 is 10.0 Å². The molecule has 0 aromatic carbocycles. The third kappa shape index (κ3) is 6.30. The maximum Gasteiger partial charge on any atom is 0.407 e. The topological polar surface area (TPSA) is 84.5 Å². The van der Waals surface area contributed by atoms with Crippen molar-refractivity contribution in [2.45, 2.75) is 96.1 Å². The minimum atomic E-state index is -3.38. The molecule has 1 aliphatic carbocycles. The van der Waals surface area contributed by atoms with E-state index in [0.717, 1.165) is 12.8 Å². The van der Waals surface area contributed by atoms with Gasteiger partial charge in [0.2, 0.25) is 10.0 Å². The lowest BCUT2D eigenvalue weighted by Crippen LogP contribution is -2.55. The minimum absolute atomic E-state index is 0.0251. The van der Waals surface area contributed by atoms with E-state index in [0.29, 0.717) is 12.8 Å². The predicted molar refractivity (Wildman–Crippen MR) is 91.8 cm³/mol. The zero-order valence-corrected chi connectivity index (χ0v) is 16.3. The van der Waals surface area contributed by atoms with Crippen LogP contribution in [0.25, 0.3) is 0 Å². The second-order valence-electron chi connectivity index (χ2n) is 8.70. The van der Waals surface area contributed by atoms with Crippen molar-refractivity contribution in [3.8, 4) is 0 Å². The molecule has 1 aliphatic rings. The van der Waals surface area contributed by atoms with Crippen molar-refractivity contribution in [2.75, 3.05) is 0 Å². The average Bonchev–Trinajstić information content (AvgIpc) is 2.27. The van der Waals surface area contributed by atoms with Gasteiger partial charge in [0.05, 0.1) is 4.75 Å². The van der Waals surface area contributed by atoms with Crippen molar-refractivity contribution in [2.24, 2.45) is 0 Å². The highest BCUT2D eigenvalue weighted by Crippen LogP contribution is 2.30. The number of amides is 1. The van der Waals surface area contributed by atoms with Gasteiger partial charge in [-0.15, -0.1) is 0 Å². The Hall–Kier alpha value is -0.820. The lowest BCUT2D eigenvalue weighted by Gasteiger charge is -2.39. The summed E-state index contributed by atoms with van der Waals surface area (Å²) in [4.78, 5) is 11.8. The molecule has 0 aromatic rings. The van der Waals surface area contributed by atoms with E-state index in [9.17, 15) is 13.2 Å². The molecule has 0 atom stereocenters. The SMILES string of the molecule is CC1(NS(=O)(=O)C(C)(C)C)CCC(NC(=O)OC(C)(C)C)CC1. The number of hydrogen-bond acceptors (Lipinski definition) is 4. The first-order chi connectivity index (χ1) is 10.1. The fraction of sp³-hybridized carbons (Fsp3) is 0.938. The van der Waals surface area contributed by atoms with Crippen LogP contribution in [0.4, 0.5) is 4.79 Å². The van der Waals surface area contributed by atoms with Crippen LogP contribution in [-0.2, 0) is 14.8 Å². The Balaban J connectivity index is 2.56. The van der Waals surface area contributed by atoms with E-state index in [2.05, 4.69) is 10.0 Å². The third-order valence-electron chi connectivity index (χ3n) is 4.00. The lowest BCUT2D eigenvalue weighted by atomic mass is 9.82. The maximum absolute atomic E-state index is 12.3. The molecule has 136 valence electrons. The summed E-state index contributed by atoms with van der Waals surface area (Å²) in [6.45, 7) is 12.5. The van der Waals surface area contributed by atoms with Gasteiger partial charge >= 0.3 is 6.09 Å². The summed E-state index contributed by atoms with van der Waals surface area (Å²) in [5.74, 6) is 0. The molecular formula is C16H32N2O4S. The molecule has 0 aliphatic heterocycles. The number of carbonyl (C=O) groups is 1. The number of nitrogens with one attached hydrogen (secondary N) is 2. The van der Waals surface area contributed by atoms with Gasteiger partial charge in [-0.05, 0) is 74.1 Å². The van der Waals surface area contributed by atoms with Crippen LogP contribution in [0.5, 0.6) is 0 Å². The van der Waals surface area contributed by atoms with Gasteiger partial charge in [-0.1, -0.05) is 0 Å². The van der Waals surface area contributed by atoms with E-state index in [1.54, 1.807) is 20.8 Å². The number of carbonyl (C=O) groups excluding carboxylic acids is 1. The second-order valence-corrected chi connectivity index (χ2v) is 11.1. The van der Waals surface area contributed by atoms with Crippen LogP contribution in [0.15, 0.2) is 0 Å². The molecule has 6 nitrogen and oxygen atoms in total. The normalized spacial score (nSPS) is 26.7. The van der Waals surface area contributed by atoms with Crippen molar-refractivity contribution in [1.82, 2.24) is 10.0 Å². The molecule has 0 spiro atoms. The molecule has 1 amide bonds. The molecule has 0 radical (unpaired) electrons. The Labute approximate surface area is 140 Å². The van der Waals surface area contributed by atoms with E-state index in [1.165, 1.54) is 0 Å². The number of ether oxygens (including phenoxy) is 1. The summed E-state index contributed by atoms with van der Waals surface area (Å²) < 4.78 is 32.0. The Bertz CT molecular complexity index is 521. The zero-order chi connectivity index (χ0) is 18.1. The summed E-state index contributed by atoms with van der Waals surface area (Å²) in [6.07, 6.45) is 2.40. The standard InChI is InChI=1S/C16H32N2O4S/c1-14(2,3)22-13(19)17-12-8-10-16(7,11-9-12)18-23(20,21)15(4,5)6/h12,18H,8-11H2,1-7H3,(H,17,19). The average molecular weight is 349 g/mol. The summed E-state index contributed by atoms with van der Waals surface area (Å²) in [5, 5.41) is 2.87. The molecule has 1 rings (SSSR count). The van der Waals surface area contributed by atoms with Crippen LogP contribution in [0.2, 0.25) is 0 Å². The Kier molecular flexibility index (Phi) is 5.79. The fourth-order valence-corrected chi connectivity index (χ4v) is 3.61. The molecule has 0 saturated heterocycles. The molecule has 0 heterocycles. The largest absolute Gasteiger partial charge is 0.444 e. The highest BCUT2D eigenvalue weighted by atomic mass is 32.2. The molecule has 0 aromatic heterocycles. The molecule has 0 bridgehead atoms. The maximum atomic E-state index is 12.3. The highest BCUT2D eigenvalue weighted by molar-refractivity contribution is 7.90. The van der Waals surface area contributed by atoms with Crippen LogP contribution in [0, 0.1) is 0 Å². The minimum Gasteiger partial charge on any atom is -0.444 e. The first kappa shape index (κ1) is 20.2. The van der Waals surface area contributed by atoms with Gasteiger partial charge in [0.15, 0.2) is 0 Å². The van der Waals surface area contributed by atoms with E-state index < -0.39 is 32.0 Å². The Morgan fingerprint density at radius 3 is 1.96 bits per heavy atom. The molecule has 7 heteroatoms. The van der Waals surface area contributed by atoms with E-state index in [1.807, 2.05) is 27.7 Å². The van der Waals surface area contributed by atoms with E-state index >= 15 is 0 Å². The summed E-state index contributed by atoms with van der Waals surface area (Å²) in [6, 6.07) is 0.0251. The van der Waals surface area contributed by atoms with Gasteiger partial charge in [-0.25, -0.2) is 17.9 Å². The van der Waals surface area contributed by atoms with Crippen LogP contribution in [-0.4, -0.2) is 36.4 Å². The van der Waals surface area contributed by atoms with E-state index in [4.69, 9.17) is 4.74 Å². The zero-order valence-electron chi connectivity index (χ0n) is 15.4. The van der Waals surface area contributed by atoms with Crippen LogP contribution >= 0.6 is 0 Å². The van der Waals surface area contributed by atoms with Crippen molar-refractivity contribution in [3.05, 3.63) is 0 Å². The van der Waals surface area contributed by atoms with Gasteiger partial charge in [0, 0.05) is 11.6 Å². The third-order valence-corrected chi connectivity index (χ3v) is 6.37. The van der Waals surface area contributed by atoms with Crippen molar-refractivity contribution in [3.63, 3.8) is 0 Å². The molecule has 23 heavy (non-hydrogen) atoms. The molecule has 1 fully saturated rings. The summed E-state index contributed by atoms with van der Waals surface area (Å²) in [7, 11) is -3.38. The second kappa shape index (κ2) is 6.59. The van der Waals surface area contributed by atoms with Crippen molar-refractivity contribution in [1.29, 1.82) is 0 Å². The van der Waals surface area contributed by atoms with Gasteiger partial charge in [0.1, 0.15) is 5.60 Å².